The van der Waals surface area contributed by atoms with Crippen LogP contribution < -0.4 is 4.74 Å². The molecule has 0 radical (unpaired) electrons. The number of phenols is 1. The van der Waals surface area contributed by atoms with Gasteiger partial charge in [0.05, 0.1) is 13.3 Å². The first-order valence-corrected chi connectivity index (χ1v) is 6.11. The van der Waals surface area contributed by atoms with Crippen LogP contribution in [0.25, 0.3) is 0 Å². The Morgan fingerprint density at radius 3 is 2.75 bits per heavy atom. The van der Waals surface area contributed by atoms with Crippen LogP contribution in [-0.2, 0) is 9.53 Å². The Morgan fingerprint density at radius 1 is 1.30 bits per heavy atom. The summed E-state index contributed by atoms with van der Waals surface area (Å²) < 4.78 is 10.3. The van der Waals surface area contributed by atoms with Crippen LogP contribution >= 0.6 is 0 Å². The predicted molar refractivity (Wildman–Crippen MR) is 72.6 cm³/mol. The van der Waals surface area contributed by atoms with E-state index >= 15 is 0 Å². The van der Waals surface area contributed by atoms with E-state index in [2.05, 4.69) is 4.98 Å². The molecule has 2 rings (SSSR count). The Bertz CT molecular complexity index is 571. The van der Waals surface area contributed by atoms with Gasteiger partial charge in [-0.25, -0.2) is 0 Å². The number of phenolic OH excluding ortho intramolecular Hbond substituents is 1. The van der Waals surface area contributed by atoms with Crippen molar-refractivity contribution in [1.82, 2.24) is 4.98 Å². The average molecular weight is 273 g/mol. The van der Waals surface area contributed by atoms with E-state index in [0.717, 1.165) is 0 Å². The van der Waals surface area contributed by atoms with Crippen molar-refractivity contribution in [3.8, 4) is 11.5 Å². The molecule has 0 amide bonds. The number of rotatable bonds is 5. The summed E-state index contributed by atoms with van der Waals surface area (Å²) in [4.78, 5) is 15.8. The predicted octanol–water partition coefficient (Wildman–Crippen LogP) is 2.12. The van der Waals surface area contributed by atoms with Crippen molar-refractivity contribution in [3.63, 3.8) is 0 Å². The molecule has 1 heterocycles. The minimum absolute atomic E-state index is 0.0395. The molecule has 0 aliphatic heterocycles. The molecule has 1 atom stereocenters. The summed E-state index contributed by atoms with van der Waals surface area (Å²) in [5.41, 5.74) is 0.475. The molecule has 5 heteroatoms. The zero-order chi connectivity index (χ0) is 14.4. The van der Waals surface area contributed by atoms with Crippen molar-refractivity contribution >= 4 is 5.97 Å². The van der Waals surface area contributed by atoms with Crippen molar-refractivity contribution in [1.29, 1.82) is 0 Å². The Balaban J connectivity index is 2.17. The van der Waals surface area contributed by atoms with Gasteiger partial charge in [-0.1, -0.05) is 18.2 Å². The molecule has 1 aromatic heterocycles. The van der Waals surface area contributed by atoms with E-state index in [1.807, 2.05) is 0 Å². The first-order valence-electron chi connectivity index (χ1n) is 6.11. The fraction of sp³-hybridized carbons (Fsp3) is 0.200. The first-order chi connectivity index (χ1) is 9.72. The Hall–Kier alpha value is -2.56. The number of benzene rings is 1. The Kier molecular flexibility index (Phi) is 4.55. The zero-order valence-corrected chi connectivity index (χ0v) is 11.0. The fourth-order valence-corrected chi connectivity index (χ4v) is 1.82. The van der Waals surface area contributed by atoms with E-state index < -0.39 is 11.9 Å². The lowest BCUT2D eigenvalue weighted by molar-refractivity contribution is -0.143. The molecular formula is C15H15NO4. The number of aromatic hydroxyl groups is 1. The Labute approximate surface area is 116 Å². The van der Waals surface area contributed by atoms with Crippen molar-refractivity contribution in [2.24, 2.45) is 0 Å². The van der Waals surface area contributed by atoms with Gasteiger partial charge in [0.25, 0.3) is 0 Å². The summed E-state index contributed by atoms with van der Waals surface area (Å²) in [7, 11) is 1.30. The number of hydrogen-bond donors (Lipinski definition) is 1. The van der Waals surface area contributed by atoms with Gasteiger partial charge in [0.1, 0.15) is 24.0 Å². The van der Waals surface area contributed by atoms with Crippen LogP contribution in [-0.4, -0.2) is 29.8 Å². The molecule has 1 N–H and O–H groups in total. The maximum atomic E-state index is 11.9. The van der Waals surface area contributed by atoms with Crippen molar-refractivity contribution < 1.29 is 19.4 Å². The lowest BCUT2D eigenvalue weighted by atomic mass is 9.99. The molecule has 1 aromatic carbocycles. The summed E-state index contributed by atoms with van der Waals surface area (Å²) in [6, 6.07) is 10.1. The molecule has 1 unspecified atom stereocenters. The molecule has 0 fully saturated rings. The third-order valence-corrected chi connectivity index (χ3v) is 2.85. The van der Waals surface area contributed by atoms with Gasteiger partial charge in [0.15, 0.2) is 0 Å². The maximum Gasteiger partial charge on any atom is 0.316 e. The van der Waals surface area contributed by atoms with Gasteiger partial charge in [-0.15, -0.1) is 0 Å². The van der Waals surface area contributed by atoms with Crippen molar-refractivity contribution in [2.45, 2.75) is 5.92 Å². The fourth-order valence-electron chi connectivity index (χ4n) is 1.82. The Morgan fingerprint density at radius 2 is 2.10 bits per heavy atom. The zero-order valence-electron chi connectivity index (χ0n) is 11.0. The number of hydrogen-bond acceptors (Lipinski definition) is 5. The van der Waals surface area contributed by atoms with Crippen LogP contribution in [0.5, 0.6) is 11.5 Å². The average Bonchev–Trinajstić information content (AvgIpc) is 2.50. The smallest absolute Gasteiger partial charge is 0.316 e. The van der Waals surface area contributed by atoms with E-state index in [1.165, 1.54) is 13.2 Å². The van der Waals surface area contributed by atoms with E-state index in [-0.39, 0.29) is 12.4 Å². The quantitative estimate of drug-likeness (QED) is 0.845. The number of para-hydroxylation sites is 1. The molecule has 20 heavy (non-hydrogen) atoms. The molecule has 2 aromatic rings. The minimum Gasteiger partial charge on any atom is -0.508 e. The topological polar surface area (TPSA) is 68.7 Å². The lowest BCUT2D eigenvalue weighted by Gasteiger charge is -2.16. The SMILES string of the molecule is COC(=O)C(COc1cccnc1)c1ccccc1O. The second-order valence-electron chi connectivity index (χ2n) is 4.13. The van der Waals surface area contributed by atoms with E-state index in [9.17, 15) is 9.90 Å². The molecule has 104 valence electrons. The number of esters is 1. The standard InChI is InChI=1S/C15H15NO4/c1-19-15(18)13(12-6-2-3-7-14(12)17)10-20-11-5-4-8-16-9-11/h2-9,13,17H,10H2,1H3. The summed E-state index contributed by atoms with van der Waals surface area (Å²) in [6.07, 6.45) is 3.19. The number of carbonyl (C=O) groups excluding carboxylic acids is 1. The van der Waals surface area contributed by atoms with Crippen LogP contribution in [0.2, 0.25) is 0 Å². The van der Waals surface area contributed by atoms with Gasteiger partial charge in [0, 0.05) is 11.8 Å². The lowest BCUT2D eigenvalue weighted by Crippen LogP contribution is -2.21. The highest BCUT2D eigenvalue weighted by Crippen LogP contribution is 2.27. The van der Waals surface area contributed by atoms with Crippen LogP contribution in [0.4, 0.5) is 0 Å². The minimum atomic E-state index is -0.693. The monoisotopic (exact) mass is 273 g/mol. The second-order valence-corrected chi connectivity index (χ2v) is 4.13. The molecule has 0 saturated heterocycles. The highest BCUT2D eigenvalue weighted by atomic mass is 16.5. The van der Waals surface area contributed by atoms with Crippen LogP contribution in [0.1, 0.15) is 11.5 Å². The van der Waals surface area contributed by atoms with Crippen LogP contribution in [0, 0.1) is 0 Å². The van der Waals surface area contributed by atoms with Crippen LogP contribution in [0.15, 0.2) is 48.8 Å². The van der Waals surface area contributed by atoms with Crippen molar-refractivity contribution in [2.75, 3.05) is 13.7 Å². The number of methoxy groups -OCH3 is 1. The number of pyridine rings is 1. The van der Waals surface area contributed by atoms with E-state index in [0.29, 0.717) is 11.3 Å². The number of aromatic nitrogens is 1. The highest BCUT2D eigenvalue weighted by molar-refractivity contribution is 5.79. The molecule has 0 bridgehead atoms. The molecular weight excluding hydrogens is 258 g/mol. The second kappa shape index (κ2) is 6.56. The van der Waals surface area contributed by atoms with E-state index in [4.69, 9.17) is 9.47 Å². The first kappa shape index (κ1) is 13.9. The number of carbonyl (C=O) groups is 1. The molecule has 0 spiro atoms. The summed E-state index contributed by atoms with van der Waals surface area (Å²) in [5, 5.41) is 9.85. The largest absolute Gasteiger partial charge is 0.508 e. The normalized spacial score (nSPS) is 11.7. The van der Waals surface area contributed by atoms with Gasteiger partial charge in [-0.2, -0.15) is 0 Å². The molecule has 0 aliphatic rings. The van der Waals surface area contributed by atoms with Crippen LogP contribution in [0.3, 0.4) is 0 Å². The maximum absolute atomic E-state index is 11.9. The highest BCUT2D eigenvalue weighted by Gasteiger charge is 2.25. The third-order valence-electron chi connectivity index (χ3n) is 2.85. The summed E-state index contributed by atoms with van der Waals surface area (Å²) in [5.74, 6) is -0.564. The molecule has 5 nitrogen and oxygen atoms in total. The summed E-state index contributed by atoms with van der Waals surface area (Å²) >= 11 is 0. The van der Waals surface area contributed by atoms with Gasteiger partial charge >= 0.3 is 5.97 Å². The van der Waals surface area contributed by atoms with Crippen molar-refractivity contribution in [3.05, 3.63) is 54.4 Å². The third kappa shape index (κ3) is 3.26. The van der Waals surface area contributed by atoms with Gasteiger partial charge in [-0.05, 0) is 18.2 Å². The number of ether oxygens (including phenoxy) is 2. The van der Waals surface area contributed by atoms with Gasteiger partial charge < -0.3 is 14.6 Å². The number of nitrogens with zero attached hydrogens (tertiary/aromatic N) is 1. The van der Waals surface area contributed by atoms with Gasteiger partial charge in [0.2, 0.25) is 0 Å². The molecule has 0 aliphatic carbocycles. The molecule has 0 saturated carbocycles. The summed E-state index contributed by atoms with van der Waals surface area (Å²) in [6.45, 7) is 0.0654. The van der Waals surface area contributed by atoms with Gasteiger partial charge in [-0.3, -0.25) is 9.78 Å². The van der Waals surface area contributed by atoms with E-state index in [1.54, 1.807) is 42.7 Å².